The summed E-state index contributed by atoms with van der Waals surface area (Å²) < 4.78 is 0. The third-order valence-corrected chi connectivity index (χ3v) is 4.65. The maximum absolute atomic E-state index is 11.9. The van der Waals surface area contributed by atoms with E-state index in [1.54, 1.807) is 16.7 Å². The lowest BCUT2D eigenvalue weighted by Gasteiger charge is -2.46. The molecule has 1 aromatic rings. The molecular formula is C14H18ClNO2S. The molecule has 0 atom stereocenters. The molecule has 0 bridgehead atoms. The fourth-order valence-corrected chi connectivity index (χ4v) is 2.98. The van der Waals surface area contributed by atoms with Gasteiger partial charge in [-0.2, -0.15) is 0 Å². The summed E-state index contributed by atoms with van der Waals surface area (Å²) in [6.45, 7) is 2.90. The minimum atomic E-state index is -0.640. The van der Waals surface area contributed by atoms with E-state index in [4.69, 9.17) is 11.6 Å². The Balaban J connectivity index is 1.69. The van der Waals surface area contributed by atoms with Gasteiger partial charge in [0.25, 0.3) is 0 Å². The fourth-order valence-electron chi connectivity index (χ4n) is 2.01. The van der Waals surface area contributed by atoms with Gasteiger partial charge in [0.15, 0.2) is 0 Å². The van der Waals surface area contributed by atoms with E-state index in [1.807, 2.05) is 31.2 Å². The minimum absolute atomic E-state index is 0.125. The smallest absolute Gasteiger partial charge is 0.223 e. The number of β-amino-alcohol motifs (C(OH)–C–C–N with tert-alkyl or cyclic N) is 1. The second kappa shape index (κ2) is 6.16. The number of hydrogen-bond donors (Lipinski definition) is 1. The van der Waals surface area contributed by atoms with Gasteiger partial charge in [-0.25, -0.2) is 0 Å². The highest BCUT2D eigenvalue weighted by molar-refractivity contribution is 7.99. The highest BCUT2D eigenvalue weighted by Crippen LogP contribution is 2.26. The number of likely N-dealkylation sites (tertiary alicyclic amines) is 1. The van der Waals surface area contributed by atoms with E-state index < -0.39 is 5.60 Å². The van der Waals surface area contributed by atoms with Crippen molar-refractivity contribution in [2.24, 2.45) is 0 Å². The second-order valence-electron chi connectivity index (χ2n) is 4.88. The molecule has 0 spiro atoms. The monoisotopic (exact) mass is 299 g/mol. The molecule has 1 amide bonds. The molecule has 1 saturated heterocycles. The topological polar surface area (TPSA) is 40.5 Å². The Morgan fingerprint density at radius 3 is 2.63 bits per heavy atom. The standard InChI is InChI=1S/C14H18ClNO2S/c1-2-14(18)9-16(10-14)13(17)7-8-19-12-5-3-11(15)4-6-12/h3-6,18H,2,7-10H2,1H3. The summed E-state index contributed by atoms with van der Waals surface area (Å²) in [6, 6.07) is 7.61. The first-order valence-electron chi connectivity index (χ1n) is 6.41. The maximum atomic E-state index is 11.9. The summed E-state index contributed by atoms with van der Waals surface area (Å²) in [5.74, 6) is 0.876. The molecule has 0 unspecified atom stereocenters. The average Bonchev–Trinajstić information content (AvgIpc) is 2.37. The van der Waals surface area contributed by atoms with Gasteiger partial charge in [0.2, 0.25) is 5.91 Å². The number of hydrogen-bond acceptors (Lipinski definition) is 3. The number of amides is 1. The molecule has 5 heteroatoms. The van der Waals surface area contributed by atoms with Gasteiger partial charge in [-0.15, -0.1) is 11.8 Å². The first kappa shape index (κ1) is 14.7. The Morgan fingerprint density at radius 2 is 2.05 bits per heavy atom. The quantitative estimate of drug-likeness (QED) is 0.850. The Morgan fingerprint density at radius 1 is 1.42 bits per heavy atom. The molecule has 1 aliphatic heterocycles. The van der Waals surface area contributed by atoms with Gasteiger partial charge >= 0.3 is 0 Å². The van der Waals surface area contributed by atoms with Crippen molar-refractivity contribution in [2.75, 3.05) is 18.8 Å². The van der Waals surface area contributed by atoms with Crippen LogP contribution in [0.25, 0.3) is 0 Å². The first-order chi connectivity index (χ1) is 9.02. The summed E-state index contributed by atoms with van der Waals surface area (Å²) in [7, 11) is 0. The lowest BCUT2D eigenvalue weighted by atomic mass is 9.91. The molecule has 1 heterocycles. The molecule has 1 aromatic carbocycles. The molecule has 0 aromatic heterocycles. The Kier molecular flexibility index (Phi) is 4.76. The summed E-state index contributed by atoms with van der Waals surface area (Å²) in [4.78, 5) is 14.7. The van der Waals surface area contributed by atoms with Gasteiger partial charge < -0.3 is 10.0 Å². The molecule has 0 aliphatic carbocycles. The van der Waals surface area contributed by atoms with E-state index in [9.17, 15) is 9.90 Å². The second-order valence-corrected chi connectivity index (χ2v) is 6.48. The average molecular weight is 300 g/mol. The van der Waals surface area contributed by atoms with E-state index in [0.29, 0.717) is 25.9 Å². The van der Waals surface area contributed by atoms with Crippen LogP contribution in [-0.2, 0) is 4.79 Å². The van der Waals surface area contributed by atoms with Crippen LogP contribution in [0.15, 0.2) is 29.2 Å². The van der Waals surface area contributed by atoms with Crippen molar-refractivity contribution in [3.63, 3.8) is 0 Å². The van der Waals surface area contributed by atoms with Crippen LogP contribution in [0.1, 0.15) is 19.8 Å². The predicted molar refractivity (Wildman–Crippen MR) is 78.6 cm³/mol. The highest BCUT2D eigenvalue weighted by atomic mass is 35.5. The lowest BCUT2D eigenvalue weighted by Crippen LogP contribution is -2.63. The molecule has 0 saturated carbocycles. The van der Waals surface area contributed by atoms with Gasteiger partial charge in [-0.05, 0) is 30.7 Å². The number of rotatable bonds is 5. The van der Waals surface area contributed by atoms with Gasteiger partial charge in [0, 0.05) is 22.1 Å². The number of halogens is 1. The van der Waals surface area contributed by atoms with Crippen molar-refractivity contribution in [2.45, 2.75) is 30.3 Å². The van der Waals surface area contributed by atoms with Crippen molar-refractivity contribution >= 4 is 29.3 Å². The van der Waals surface area contributed by atoms with Crippen molar-refractivity contribution < 1.29 is 9.90 Å². The van der Waals surface area contributed by atoms with Crippen LogP contribution < -0.4 is 0 Å². The van der Waals surface area contributed by atoms with Gasteiger partial charge in [-0.1, -0.05) is 18.5 Å². The fraction of sp³-hybridized carbons (Fsp3) is 0.500. The van der Waals surface area contributed by atoms with Crippen molar-refractivity contribution in [3.8, 4) is 0 Å². The van der Waals surface area contributed by atoms with Crippen LogP contribution in [-0.4, -0.2) is 40.4 Å². The zero-order chi connectivity index (χ0) is 13.9. The van der Waals surface area contributed by atoms with E-state index in [1.165, 1.54) is 0 Å². The Hall–Kier alpha value is -0.710. The lowest BCUT2D eigenvalue weighted by molar-refractivity contribution is -0.155. The van der Waals surface area contributed by atoms with Crippen molar-refractivity contribution in [3.05, 3.63) is 29.3 Å². The van der Waals surface area contributed by atoms with Gasteiger partial charge in [0.1, 0.15) is 0 Å². The van der Waals surface area contributed by atoms with Crippen molar-refractivity contribution in [1.29, 1.82) is 0 Å². The number of aliphatic hydroxyl groups is 1. The summed E-state index contributed by atoms with van der Waals surface area (Å²) in [5.41, 5.74) is -0.640. The normalized spacial score (nSPS) is 17.1. The third kappa shape index (κ3) is 3.88. The van der Waals surface area contributed by atoms with E-state index in [0.717, 1.165) is 15.7 Å². The Labute approximate surface area is 122 Å². The van der Waals surface area contributed by atoms with Gasteiger partial charge in [-0.3, -0.25) is 4.79 Å². The Bertz CT molecular complexity index is 443. The SMILES string of the molecule is CCC1(O)CN(C(=O)CCSc2ccc(Cl)cc2)C1. The summed E-state index contributed by atoms with van der Waals surface area (Å²) in [6.07, 6.45) is 1.21. The number of thioether (sulfide) groups is 1. The van der Waals surface area contributed by atoms with Crippen LogP contribution in [0.3, 0.4) is 0 Å². The highest BCUT2D eigenvalue weighted by Gasteiger charge is 2.41. The zero-order valence-electron chi connectivity index (χ0n) is 10.9. The van der Waals surface area contributed by atoms with E-state index >= 15 is 0 Å². The zero-order valence-corrected chi connectivity index (χ0v) is 12.5. The molecule has 1 aliphatic rings. The van der Waals surface area contributed by atoms with Crippen LogP contribution in [0, 0.1) is 0 Å². The number of carbonyl (C=O) groups excluding carboxylic acids is 1. The third-order valence-electron chi connectivity index (χ3n) is 3.38. The largest absolute Gasteiger partial charge is 0.386 e. The summed E-state index contributed by atoms with van der Waals surface area (Å²) >= 11 is 7.46. The number of benzene rings is 1. The van der Waals surface area contributed by atoms with E-state index in [-0.39, 0.29) is 5.91 Å². The minimum Gasteiger partial charge on any atom is -0.386 e. The molecule has 1 fully saturated rings. The molecule has 1 N–H and O–H groups in total. The molecule has 3 nitrogen and oxygen atoms in total. The summed E-state index contributed by atoms with van der Waals surface area (Å²) in [5, 5.41) is 10.6. The molecule has 0 radical (unpaired) electrons. The van der Waals surface area contributed by atoms with Crippen molar-refractivity contribution in [1.82, 2.24) is 4.90 Å². The van der Waals surface area contributed by atoms with Crippen LogP contribution in [0.4, 0.5) is 0 Å². The van der Waals surface area contributed by atoms with Crippen LogP contribution in [0.5, 0.6) is 0 Å². The molecule has 19 heavy (non-hydrogen) atoms. The molecule has 2 rings (SSSR count). The van der Waals surface area contributed by atoms with Gasteiger partial charge in [0.05, 0.1) is 18.7 Å². The molecule has 104 valence electrons. The van der Waals surface area contributed by atoms with Crippen LogP contribution >= 0.6 is 23.4 Å². The molecular weight excluding hydrogens is 282 g/mol. The predicted octanol–water partition coefficient (Wildman–Crippen LogP) is 2.81. The van der Waals surface area contributed by atoms with E-state index in [2.05, 4.69) is 0 Å². The number of nitrogens with zero attached hydrogens (tertiary/aromatic N) is 1. The maximum Gasteiger partial charge on any atom is 0.223 e. The van der Waals surface area contributed by atoms with Crippen LogP contribution in [0.2, 0.25) is 5.02 Å². The number of carbonyl (C=O) groups is 1. The first-order valence-corrected chi connectivity index (χ1v) is 7.77.